The molecular weight excluding hydrogens is 625 g/mol. The van der Waals surface area contributed by atoms with Crippen molar-refractivity contribution in [1.82, 2.24) is 0 Å². The molecule has 0 aliphatic rings. The Morgan fingerprint density at radius 2 is 1.04 bits per heavy atom. The van der Waals surface area contributed by atoms with Crippen molar-refractivity contribution in [2.24, 2.45) is 5.73 Å². The summed E-state index contributed by atoms with van der Waals surface area (Å²) in [5.74, 6) is -0.423. The number of ether oxygens (including phenoxy) is 1. The number of esters is 1. The minimum absolute atomic E-state index is 0.0629. The molecule has 0 aromatic rings. The molecule has 9 heteroatoms. The number of allylic oxidation sites excluding steroid dienone is 18. The van der Waals surface area contributed by atoms with Crippen molar-refractivity contribution in [2.75, 3.05) is 26.4 Å². The molecule has 0 fully saturated rings. The van der Waals surface area contributed by atoms with Gasteiger partial charge in [0.2, 0.25) is 0 Å². The van der Waals surface area contributed by atoms with E-state index in [1.54, 1.807) is 0 Å². The lowest BCUT2D eigenvalue weighted by molar-refractivity contribution is -0.147. The Kier molecular flexibility index (Phi) is 33.4. The molecule has 0 spiro atoms. The summed E-state index contributed by atoms with van der Waals surface area (Å²) >= 11 is 0. The highest BCUT2D eigenvalue weighted by Crippen LogP contribution is 2.42. The van der Waals surface area contributed by atoms with Gasteiger partial charge < -0.3 is 20.5 Å². The predicted octanol–water partition coefficient (Wildman–Crippen LogP) is 9.47. The highest BCUT2D eigenvalue weighted by Gasteiger charge is 2.22. The number of unbranched alkanes of at least 4 members (excludes halogenated alkanes) is 3. The first-order valence-corrected chi connectivity index (χ1v) is 18.9. The van der Waals surface area contributed by atoms with Gasteiger partial charge in [0.15, 0.2) is 0 Å². The van der Waals surface area contributed by atoms with Gasteiger partial charge in [-0.15, -0.1) is 0 Å². The molecule has 0 radical (unpaired) electrons. The van der Waals surface area contributed by atoms with E-state index >= 15 is 0 Å². The topological polar surface area (TPSA) is 128 Å². The van der Waals surface area contributed by atoms with Crippen molar-refractivity contribution in [2.45, 2.75) is 103 Å². The van der Waals surface area contributed by atoms with Gasteiger partial charge in [-0.3, -0.25) is 13.8 Å². The van der Waals surface area contributed by atoms with Crippen LogP contribution < -0.4 is 5.73 Å². The highest BCUT2D eigenvalue weighted by atomic mass is 31.2. The average molecular weight is 688 g/mol. The van der Waals surface area contributed by atoms with Crippen LogP contribution in [0.3, 0.4) is 0 Å². The molecule has 0 saturated carbocycles. The first-order valence-electron chi connectivity index (χ1n) is 17.4. The van der Waals surface area contributed by atoms with Crippen LogP contribution in [-0.4, -0.2) is 48.4 Å². The Labute approximate surface area is 290 Å². The number of aliphatic hydroxyl groups is 1. The Bertz CT molecular complexity index is 1090. The van der Waals surface area contributed by atoms with E-state index in [1.165, 1.54) is 0 Å². The molecule has 0 aliphatic heterocycles. The van der Waals surface area contributed by atoms with Crippen LogP contribution in [0.4, 0.5) is 0 Å². The Morgan fingerprint density at radius 1 is 0.625 bits per heavy atom. The van der Waals surface area contributed by atoms with Gasteiger partial charge in [-0.25, -0.2) is 4.57 Å². The number of hydrogen-bond donors (Lipinski definition) is 3. The molecule has 0 rings (SSSR count). The summed E-state index contributed by atoms with van der Waals surface area (Å²) in [5.41, 5.74) is 5.19. The lowest BCUT2D eigenvalue weighted by Crippen LogP contribution is -2.23. The van der Waals surface area contributed by atoms with E-state index in [2.05, 4.69) is 125 Å². The number of phosphoric acid groups is 1. The van der Waals surface area contributed by atoms with Crippen LogP contribution in [0.15, 0.2) is 109 Å². The second-order valence-electron chi connectivity index (χ2n) is 10.9. The van der Waals surface area contributed by atoms with Crippen LogP contribution in [-0.2, 0) is 23.1 Å². The van der Waals surface area contributed by atoms with Gasteiger partial charge in [0.1, 0.15) is 12.7 Å². The second kappa shape index (κ2) is 35.5. The number of carbonyl (C=O) groups is 1. The van der Waals surface area contributed by atoms with Crippen molar-refractivity contribution in [3.05, 3.63) is 109 Å². The van der Waals surface area contributed by atoms with E-state index in [9.17, 15) is 19.4 Å². The van der Waals surface area contributed by atoms with E-state index in [-0.39, 0.29) is 26.2 Å². The molecule has 270 valence electrons. The molecule has 0 aromatic carbocycles. The monoisotopic (exact) mass is 687 g/mol. The molecule has 8 nitrogen and oxygen atoms in total. The van der Waals surface area contributed by atoms with Crippen LogP contribution >= 0.6 is 7.82 Å². The summed E-state index contributed by atoms with van der Waals surface area (Å²) in [6, 6.07) is 0. The third-order valence-corrected chi connectivity index (χ3v) is 7.39. The average Bonchev–Trinajstić information content (AvgIpc) is 3.08. The van der Waals surface area contributed by atoms with Gasteiger partial charge in [0.25, 0.3) is 0 Å². The van der Waals surface area contributed by atoms with Crippen LogP contribution in [0.25, 0.3) is 0 Å². The fraction of sp³-hybridized carbons (Fsp3) is 0.513. The Morgan fingerprint density at radius 3 is 1.46 bits per heavy atom. The lowest BCUT2D eigenvalue weighted by Gasteiger charge is -2.15. The lowest BCUT2D eigenvalue weighted by atomic mass is 10.1. The quantitative estimate of drug-likeness (QED) is 0.0285. The standard InChI is InChI=1S/C39H62NO7P/c1-2-3-4-5-6-7-8-9-10-11-12-13-14-15-16-17-18-19-20-21-22-23-24-25-26-27-28-29-30-31-32-33-39(42)45-36-38(41)37-47-48(43,44)46-35-34-40/h3-4,6-7,9-10,12-13,15-16,18-19,21-22,24-25,27-28,38,41H,2,5,8,11,14,17,20,23,26,29-37,40H2,1H3,(H,43,44)/b4-3-,7-6-,10-9-,13-12-,16-15-,19-18-,22-21-,25-24-,28-27-. The highest BCUT2D eigenvalue weighted by molar-refractivity contribution is 7.47. The number of phosphoric ester groups is 1. The van der Waals surface area contributed by atoms with Gasteiger partial charge in [-0.1, -0.05) is 123 Å². The zero-order valence-corrected chi connectivity index (χ0v) is 30.1. The van der Waals surface area contributed by atoms with Crippen molar-refractivity contribution in [3.8, 4) is 0 Å². The summed E-state index contributed by atoms with van der Waals surface area (Å²) in [6.07, 6.45) is 51.0. The van der Waals surface area contributed by atoms with Crippen LogP contribution in [0.2, 0.25) is 0 Å². The Balaban J connectivity index is 3.65. The predicted molar refractivity (Wildman–Crippen MR) is 200 cm³/mol. The van der Waals surface area contributed by atoms with E-state index in [4.69, 9.17) is 10.5 Å². The van der Waals surface area contributed by atoms with Crippen molar-refractivity contribution < 1.29 is 33.1 Å². The van der Waals surface area contributed by atoms with Crippen LogP contribution in [0, 0.1) is 0 Å². The van der Waals surface area contributed by atoms with Gasteiger partial charge >= 0.3 is 13.8 Å². The first kappa shape index (κ1) is 45.2. The van der Waals surface area contributed by atoms with Gasteiger partial charge in [0, 0.05) is 13.0 Å². The zero-order valence-electron chi connectivity index (χ0n) is 29.2. The molecule has 48 heavy (non-hydrogen) atoms. The maximum Gasteiger partial charge on any atom is 0.472 e. The molecule has 0 amide bonds. The van der Waals surface area contributed by atoms with Crippen molar-refractivity contribution in [3.63, 3.8) is 0 Å². The Hall–Kier alpha value is -2.84. The number of hydrogen-bond acceptors (Lipinski definition) is 7. The molecule has 0 heterocycles. The molecule has 2 atom stereocenters. The molecule has 0 aliphatic carbocycles. The number of nitrogens with two attached hydrogens (primary N) is 1. The molecule has 4 N–H and O–H groups in total. The number of carbonyl (C=O) groups excluding carboxylic acids is 1. The number of rotatable bonds is 31. The maximum atomic E-state index is 11.8. The molecule has 0 aromatic heterocycles. The fourth-order valence-corrected chi connectivity index (χ4v) is 4.63. The van der Waals surface area contributed by atoms with Gasteiger partial charge in [-0.2, -0.15) is 0 Å². The molecule has 0 bridgehead atoms. The van der Waals surface area contributed by atoms with E-state index in [1.807, 2.05) is 0 Å². The third kappa shape index (κ3) is 36.0. The summed E-state index contributed by atoms with van der Waals surface area (Å²) < 4.78 is 25.6. The first-order chi connectivity index (χ1) is 23.4. The zero-order chi connectivity index (χ0) is 35.2. The van der Waals surface area contributed by atoms with Crippen molar-refractivity contribution in [1.29, 1.82) is 0 Å². The summed E-state index contributed by atoms with van der Waals surface area (Å²) in [5, 5.41) is 9.74. The minimum Gasteiger partial charge on any atom is -0.463 e. The second-order valence-corrected chi connectivity index (χ2v) is 12.3. The summed E-state index contributed by atoms with van der Waals surface area (Å²) in [4.78, 5) is 21.2. The molecular formula is C39H62NO7P. The maximum absolute atomic E-state index is 11.8. The third-order valence-electron chi connectivity index (χ3n) is 6.40. The SMILES string of the molecule is CC/C=C\C/C=C\C/C=C\C/C=C\C/C=C\C/C=C\C/C=C\C/C=C\C/C=C\CCCCCC(=O)OCC(O)COP(=O)(O)OCCN. The van der Waals surface area contributed by atoms with E-state index in [0.717, 1.165) is 77.0 Å². The minimum atomic E-state index is -4.27. The normalized spacial score (nSPS) is 15.0. The van der Waals surface area contributed by atoms with Gasteiger partial charge in [-0.05, 0) is 77.0 Å². The van der Waals surface area contributed by atoms with E-state index in [0.29, 0.717) is 6.42 Å². The number of aliphatic hydroxyl groups excluding tert-OH is 1. The summed E-state index contributed by atoms with van der Waals surface area (Å²) in [6.45, 7) is 1.27. The fourth-order valence-electron chi connectivity index (χ4n) is 3.86. The van der Waals surface area contributed by atoms with E-state index < -0.39 is 26.5 Å². The molecule has 2 unspecified atom stereocenters. The van der Waals surface area contributed by atoms with Crippen LogP contribution in [0.1, 0.15) is 96.8 Å². The summed E-state index contributed by atoms with van der Waals surface area (Å²) in [7, 11) is -4.27. The largest absolute Gasteiger partial charge is 0.472 e. The van der Waals surface area contributed by atoms with Crippen molar-refractivity contribution >= 4 is 13.8 Å². The van der Waals surface area contributed by atoms with Gasteiger partial charge in [0.05, 0.1) is 13.2 Å². The molecule has 0 saturated heterocycles. The van der Waals surface area contributed by atoms with Crippen LogP contribution in [0.5, 0.6) is 0 Å². The smallest absolute Gasteiger partial charge is 0.463 e.